The minimum atomic E-state index is -0.124. The third kappa shape index (κ3) is 3.50. The Labute approximate surface area is 193 Å². The van der Waals surface area contributed by atoms with Crippen LogP contribution in [0.1, 0.15) is 126 Å². The zero-order chi connectivity index (χ0) is 22.9. The predicted octanol–water partition coefficient (Wildman–Crippen LogP) is 8.56. The Bertz CT molecular complexity index is 718. The van der Waals surface area contributed by atoms with E-state index in [9.17, 15) is 5.11 Å². The average molecular weight is 429 g/mol. The van der Waals surface area contributed by atoms with Crippen LogP contribution in [0.25, 0.3) is 0 Å². The highest BCUT2D eigenvalue weighted by Gasteiger charge is 2.66. The monoisotopic (exact) mass is 428 g/mol. The number of rotatable bonds is 4. The molecule has 0 bridgehead atoms. The molecule has 1 N–H and O–H groups in total. The Morgan fingerprint density at radius 2 is 1.65 bits per heavy atom. The Balaban J connectivity index is 1.61. The van der Waals surface area contributed by atoms with Gasteiger partial charge in [0.25, 0.3) is 0 Å². The van der Waals surface area contributed by atoms with Gasteiger partial charge in [0.2, 0.25) is 0 Å². The molecule has 0 aromatic carbocycles. The van der Waals surface area contributed by atoms with E-state index in [0.717, 1.165) is 18.3 Å². The van der Waals surface area contributed by atoms with Gasteiger partial charge in [0.1, 0.15) is 0 Å². The van der Waals surface area contributed by atoms with Crippen molar-refractivity contribution in [2.75, 3.05) is 0 Å². The van der Waals surface area contributed by atoms with Crippen LogP contribution in [0.3, 0.4) is 0 Å². The van der Waals surface area contributed by atoms with Gasteiger partial charge >= 0.3 is 0 Å². The second kappa shape index (κ2) is 7.61. The third-order valence-corrected chi connectivity index (χ3v) is 12.0. The lowest BCUT2D eigenvalue weighted by Gasteiger charge is -2.70. The van der Waals surface area contributed by atoms with E-state index in [0.29, 0.717) is 27.6 Å². The van der Waals surface area contributed by atoms with Gasteiger partial charge in [-0.15, -0.1) is 0 Å². The first-order valence-electron chi connectivity index (χ1n) is 13.7. The normalized spacial score (nSPS) is 49.1. The van der Waals surface area contributed by atoms with Crippen LogP contribution in [0, 0.1) is 44.8 Å². The first-order chi connectivity index (χ1) is 14.3. The summed E-state index contributed by atoms with van der Waals surface area (Å²) in [5.41, 5.74) is 3.56. The van der Waals surface area contributed by atoms with Crippen LogP contribution in [-0.4, -0.2) is 11.2 Å². The molecule has 3 saturated carbocycles. The first-order valence-corrected chi connectivity index (χ1v) is 13.7. The molecule has 0 amide bonds. The largest absolute Gasteiger partial charge is 0.393 e. The number of hydrogen-bond acceptors (Lipinski definition) is 1. The van der Waals surface area contributed by atoms with E-state index in [1.54, 1.807) is 0 Å². The highest BCUT2D eigenvalue weighted by molar-refractivity contribution is 5.30. The fourth-order valence-electron chi connectivity index (χ4n) is 9.55. The summed E-state index contributed by atoms with van der Waals surface area (Å²) in [4.78, 5) is 0. The Morgan fingerprint density at radius 3 is 2.32 bits per heavy atom. The van der Waals surface area contributed by atoms with Gasteiger partial charge in [0, 0.05) is 0 Å². The average Bonchev–Trinajstić information content (AvgIpc) is 2.66. The van der Waals surface area contributed by atoms with Crippen molar-refractivity contribution in [3.8, 4) is 0 Å². The van der Waals surface area contributed by atoms with Crippen molar-refractivity contribution in [2.24, 2.45) is 44.8 Å². The van der Waals surface area contributed by atoms with Crippen molar-refractivity contribution < 1.29 is 5.11 Å². The van der Waals surface area contributed by atoms with E-state index in [2.05, 4.69) is 61.5 Å². The van der Waals surface area contributed by atoms with Crippen LogP contribution in [0.15, 0.2) is 11.6 Å². The number of allylic oxidation sites excluding steroid dienone is 2. The molecule has 0 heterocycles. The van der Waals surface area contributed by atoms with Crippen molar-refractivity contribution in [1.29, 1.82) is 0 Å². The highest BCUT2D eigenvalue weighted by Crippen LogP contribution is 2.73. The van der Waals surface area contributed by atoms with Crippen molar-refractivity contribution in [1.82, 2.24) is 0 Å². The summed E-state index contributed by atoms with van der Waals surface area (Å²) >= 11 is 0. The maximum Gasteiger partial charge on any atom is 0.0594 e. The molecule has 4 rings (SSSR count). The second-order valence-electron chi connectivity index (χ2n) is 14.5. The molecule has 3 fully saturated rings. The lowest BCUT2D eigenvalue weighted by Crippen LogP contribution is -2.63. The molecule has 31 heavy (non-hydrogen) atoms. The Kier molecular flexibility index (Phi) is 5.85. The molecular formula is C30H52O. The number of fused-ring (bicyclic) bond motifs is 5. The molecule has 4 aliphatic rings. The summed E-state index contributed by atoms with van der Waals surface area (Å²) in [6.45, 7) is 20.0. The summed E-state index contributed by atoms with van der Waals surface area (Å²) in [5.74, 6) is 2.26. The van der Waals surface area contributed by atoms with Crippen molar-refractivity contribution in [2.45, 2.75) is 132 Å². The van der Waals surface area contributed by atoms with Crippen LogP contribution in [0.2, 0.25) is 0 Å². The summed E-state index contributed by atoms with van der Waals surface area (Å²) in [5, 5.41) is 10.8. The van der Waals surface area contributed by atoms with Gasteiger partial charge in [-0.2, -0.15) is 0 Å². The molecule has 0 aliphatic heterocycles. The van der Waals surface area contributed by atoms with E-state index < -0.39 is 0 Å². The van der Waals surface area contributed by atoms with Gasteiger partial charge in [-0.3, -0.25) is 0 Å². The van der Waals surface area contributed by atoms with Gasteiger partial charge < -0.3 is 5.11 Å². The van der Waals surface area contributed by atoms with E-state index in [-0.39, 0.29) is 11.5 Å². The zero-order valence-electron chi connectivity index (χ0n) is 22.1. The van der Waals surface area contributed by atoms with Crippen LogP contribution in [-0.2, 0) is 0 Å². The smallest absolute Gasteiger partial charge is 0.0594 e. The maximum atomic E-state index is 10.8. The molecule has 1 nitrogen and oxygen atoms in total. The second-order valence-corrected chi connectivity index (χ2v) is 14.5. The van der Waals surface area contributed by atoms with Crippen LogP contribution < -0.4 is 0 Å². The standard InChI is InChI=1S/C30H52O/c1-21(2)10-9-15-27(5)18-19-29(7)22(20-27)11-12-24-28(6)16-14-25(31)26(3,4)23(28)13-17-30(24,29)8/h11,21,23-25,31H,9-10,12-20H2,1-8H3/t23-,24+,25-,27+,28-,29+,30+/m0/s1. The molecule has 0 saturated heterocycles. The highest BCUT2D eigenvalue weighted by atomic mass is 16.3. The first kappa shape index (κ1) is 23.8. The molecule has 0 aromatic rings. The van der Waals surface area contributed by atoms with Gasteiger partial charge in [0.05, 0.1) is 6.10 Å². The molecular weight excluding hydrogens is 376 g/mol. The maximum absolute atomic E-state index is 10.8. The van der Waals surface area contributed by atoms with Crippen molar-refractivity contribution in [3.05, 3.63) is 11.6 Å². The minimum absolute atomic E-state index is 0.0563. The molecule has 0 spiro atoms. The molecule has 178 valence electrons. The fraction of sp³-hybridized carbons (Fsp3) is 0.933. The predicted molar refractivity (Wildman–Crippen MR) is 133 cm³/mol. The molecule has 0 radical (unpaired) electrons. The fourth-order valence-corrected chi connectivity index (χ4v) is 9.55. The number of aliphatic hydroxyl groups excluding tert-OH is 1. The van der Waals surface area contributed by atoms with Crippen LogP contribution in [0.5, 0.6) is 0 Å². The quantitative estimate of drug-likeness (QED) is 0.445. The lowest BCUT2D eigenvalue weighted by atomic mass is 9.35. The number of aliphatic hydroxyl groups is 1. The summed E-state index contributed by atoms with van der Waals surface area (Å²) < 4.78 is 0. The van der Waals surface area contributed by atoms with E-state index in [1.165, 1.54) is 64.2 Å². The molecule has 7 atom stereocenters. The Hall–Kier alpha value is -0.300. The van der Waals surface area contributed by atoms with Crippen molar-refractivity contribution >= 4 is 0 Å². The van der Waals surface area contributed by atoms with Crippen LogP contribution in [0.4, 0.5) is 0 Å². The van der Waals surface area contributed by atoms with Gasteiger partial charge in [-0.1, -0.05) is 79.9 Å². The molecule has 0 unspecified atom stereocenters. The Morgan fingerprint density at radius 1 is 0.935 bits per heavy atom. The SMILES string of the molecule is CC(C)CCC[C@]1(C)CC[C@]2(C)C(=CC[C@@H]3[C@@]4(C)CC[C@H](O)C(C)(C)[C@@H]4CC[C@]32C)C1. The zero-order valence-corrected chi connectivity index (χ0v) is 22.1. The molecule has 1 heteroatoms. The summed E-state index contributed by atoms with van der Waals surface area (Å²) in [6, 6.07) is 0. The van der Waals surface area contributed by atoms with Gasteiger partial charge in [-0.25, -0.2) is 0 Å². The topological polar surface area (TPSA) is 20.2 Å². The van der Waals surface area contributed by atoms with Crippen molar-refractivity contribution in [3.63, 3.8) is 0 Å². The number of hydrogen-bond donors (Lipinski definition) is 1. The summed E-state index contributed by atoms with van der Waals surface area (Å²) in [6.07, 6.45) is 17.1. The van der Waals surface area contributed by atoms with E-state index in [1.807, 2.05) is 5.57 Å². The van der Waals surface area contributed by atoms with Gasteiger partial charge in [0.15, 0.2) is 0 Å². The minimum Gasteiger partial charge on any atom is -0.393 e. The van der Waals surface area contributed by atoms with Crippen LogP contribution >= 0.6 is 0 Å². The molecule has 0 aromatic heterocycles. The lowest BCUT2D eigenvalue weighted by molar-refractivity contribution is -0.198. The van der Waals surface area contributed by atoms with E-state index in [4.69, 9.17) is 0 Å². The third-order valence-electron chi connectivity index (χ3n) is 12.0. The molecule has 4 aliphatic carbocycles. The summed E-state index contributed by atoms with van der Waals surface area (Å²) in [7, 11) is 0. The van der Waals surface area contributed by atoms with Gasteiger partial charge in [-0.05, 0) is 103 Å². The van der Waals surface area contributed by atoms with E-state index >= 15 is 0 Å².